The molecule has 2 rings (SSSR count). The monoisotopic (exact) mass is 317 g/mol. The Morgan fingerprint density at radius 1 is 1.35 bits per heavy atom. The lowest BCUT2D eigenvalue weighted by Gasteiger charge is -2.15. The maximum absolute atomic E-state index is 12.2. The summed E-state index contributed by atoms with van der Waals surface area (Å²) < 4.78 is 28.5. The first-order chi connectivity index (χ1) is 9.44. The van der Waals surface area contributed by atoms with Crippen LogP contribution in [-0.2, 0) is 9.84 Å². The molecule has 0 saturated heterocycles. The van der Waals surface area contributed by atoms with Crippen molar-refractivity contribution in [3.63, 3.8) is 0 Å². The number of sulfone groups is 1. The number of nitrogen functional groups attached to an aromatic ring is 1. The lowest BCUT2D eigenvalue weighted by molar-refractivity contribution is 0.485. The number of hydrogen-bond acceptors (Lipinski definition) is 6. The Balaban J connectivity index is 2.14. The van der Waals surface area contributed by atoms with E-state index in [1.54, 1.807) is 0 Å². The summed E-state index contributed by atoms with van der Waals surface area (Å²) in [5, 5.41) is 3.89. The molecule has 0 bridgehead atoms. The van der Waals surface area contributed by atoms with Crippen LogP contribution in [0.15, 0.2) is 4.90 Å². The Hall–Kier alpha value is -0.820. The van der Waals surface area contributed by atoms with E-state index in [9.17, 15) is 8.42 Å². The summed E-state index contributed by atoms with van der Waals surface area (Å²) in [6, 6.07) is 0. The van der Waals surface area contributed by atoms with Crippen LogP contribution in [0.4, 0.5) is 10.8 Å². The Kier molecular flexibility index (Phi) is 4.59. The van der Waals surface area contributed by atoms with Gasteiger partial charge in [0.05, 0.1) is 5.75 Å². The molecule has 7 heteroatoms. The zero-order valence-electron chi connectivity index (χ0n) is 12.1. The summed E-state index contributed by atoms with van der Waals surface area (Å²) in [4.78, 5) is 0.205. The molecule has 1 aromatic heterocycles. The van der Waals surface area contributed by atoms with Gasteiger partial charge in [0.2, 0.25) is 0 Å². The van der Waals surface area contributed by atoms with E-state index in [1.807, 2.05) is 6.92 Å². The first kappa shape index (κ1) is 15.6. The standard InChI is InChI=1S/C13H23N3O2S2/c1-3-5-13(6-7-13)9-15-12-10(11(14)16-19-12)20(17,18)8-4-2/h15H,3-9H2,1-2H3,(H2,14,16). The molecule has 1 saturated carbocycles. The number of aromatic nitrogens is 1. The third kappa shape index (κ3) is 3.25. The molecule has 1 heterocycles. The summed E-state index contributed by atoms with van der Waals surface area (Å²) in [7, 11) is -3.33. The van der Waals surface area contributed by atoms with Crippen LogP contribution >= 0.6 is 11.5 Å². The average molecular weight is 317 g/mol. The Morgan fingerprint density at radius 3 is 2.60 bits per heavy atom. The average Bonchev–Trinajstić information content (AvgIpc) is 3.02. The molecule has 114 valence electrons. The second-order valence-corrected chi connectivity index (χ2v) is 8.47. The van der Waals surface area contributed by atoms with E-state index in [2.05, 4.69) is 16.6 Å². The van der Waals surface area contributed by atoms with Crippen LogP contribution in [-0.4, -0.2) is 25.1 Å². The lowest BCUT2D eigenvalue weighted by Crippen LogP contribution is -2.17. The highest BCUT2D eigenvalue weighted by atomic mass is 32.2. The van der Waals surface area contributed by atoms with Crippen LogP contribution < -0.4 is 11.1 Å². The fraction of sp³-hybridized carbons (Fsp3) is 0.769. The number of anilines is 2. The highest BCUT2D eigenvalue weighted by Gasteiger charge is 2.41. The maximum Gasteiger partial charge on any atom is 0.185 e. The molecule has 1 aliphatic rings. The van der Waals surface area contributed by atoms with E-state index < -0.39 is 9.84 Å². The van der Waals surface area contributed by atoms with Crippen LogP contribution in [0, 0.1) is 5.41 Å². The normalized spacial score (nSPS) is 17.1. The number of hydrogen-bond donors (Lipinski definition) is 2. The van der Waals surface area contributed by atoms with Gasteiger partial charge >= 0.3 is 0 Å². The van der Waals surface area contributed by atoms with Crippen LogP contribution in [0.25, 0.3) is 0 Å². The zero-order valence-corrected chi connectivity index (χ0v) is 13.7. The zero-order chi connectivity index (χ0) is 14.8. The molecule has 0 radical (unpaired) electrons. The fourth-order valence-electron chi connectivity index (χ4n) is 2.57. The highest BCUT2D eigenvalue weighted by molar-refractivity contribution is 7.91. The second-order valence-electron chi connectivity index (χ2n) is 5.65. The summed E-state index contributed by atoms with van der Waals surface area (Å²) in [5.74, 6) is 0.246. The molecule has 1 fully saturated rings. The smallest absolute Gasteiger partial charge is 0.185 e. The van der Waals surface area contributed by atoms with E-state index in [1.165, 1.54) is 19.3 Å². The van der Waals surface area contributed by atoms with Crippen molar-refractivity contribution in [1.82, 2.24) is 4.37 Å². The molecule has 5 nitrogen and oxygen atoms in total. The van der Waals surface area contributed by atoms with Crippen molar-refractivity contribution < 1.29 is 8.42 Å². The molecule has 0 unspecified atom stereocenters. The number of nitrogens with zero attached hydrogens (tertiary/aromatic N) is 1. The Morgan fingerprint density at radius 2 is 2.05 bits per heavy atom. The van der Waals surface area contributed by atoms with Crippen LogP contribution in [0.1, 0.15) is 46.0 Å². The third-order valence-corrected chi connectivity index (χ3v) is 6.75. The fourth-order valence-corrected chi connectivity index (χ4v) is 5.18. The molecule has 1 aromatic rings. The topological polar surface area (TPSA) is 85.1 Å². The molecular formula is C13H23N3O2S2. The quantitative estimate of drug-likeness (QED) is 0.770. The Bertz CT molecular complexity index is 562. The number of nitrogens with one attached hydrogen (secondary N) is 1. The van der Waals surface area contributed by atoms with Gasteiger partial charge in [-0.05, 0) is 42.6 Å². The van der Waals surface area contributed by atoms with E-state index in [4.69, 9.17) is 5.73 Å². The summed E-state index contributed by atoms with van der Waals surface area (Å²) >= 11 is 1.15. The van der Waals surface area contributed by atoms with Gasteiger partial charge in [0, 0.05) is 6.54 Å². The summed E-state index contributed by atoms with van der Waals surface area (Å²) in [5.41, 5.74) is 6.11. The minimum atomic E-state index is -3.33. The van der Waals surface area contributed by atoms with Gasteiger partial charge in [-0.1, -0.05) is 20.3 Å². The maximum atomic E-state index is 12.2. The highest BCUT2D eigenvalue weighted by Crippen LogP contribution is 2.50. The predicted molar refractivity (Wildman–Crippen MR) is 83.9 cm³/mol. The van der Waals surface area contributed by atoms with Crippen molar-refractivity contribution in [3.8, 4) is 0 Å². The molecule has 0 atom stereocenters. The van der Waals surface area contributed by atoms with Gasteiger partial charge in [0.25, 0.3) is 0 Å². The molecule has 0 spiro atoms. The lowest BCUT2D eigenvalue weighted by atomic mass is 10.0. The van der Waals surface area contributed by atoms with Gasteiger partial charge < -0.3 is 11.1 Å². The number of nitrogens with two attached hydrogens (primary N) is 1. The first-order valence-electron chi connectivity index (χ1n) is 7.16. The van der Waals surface area contributed by atoms with Crippen LogP contribution in [0.3, 0.4) is 0 Å². The minimum absolute atomic E-state index is 0.115. The van der Waals surface area contributed by atoms with Gasteiger partial charge in [-0.15, -0.1) is 0 Å². The Labute approximate surface area is 125 Å². The van der Waals surface area contributed by atoms with Crippen molar-refractivity contribution in [2.75, 3.05) is 23.3 Å². The molecule has 20 heavy (non-hydrogen) atoms. The third-order valence-electron chi connectivity index (χ3n) is 3.82. The molecule has 3 N–H and O–H groups in total. The molecule has 0 aromatic carbocycles. The molecule has 0 aliphatic heterocycles. The van der Waals surface area contributed by atoms with Gasteiger partial charge in [0.15, 0.2) is 15.7 Å². The summed E-state index contributed by atoms with van der Waals surface area (Å²) in [6.45, 7) is 4.85. The molecule has 0 amide bonds. The SMILES string of the molecule is CCCC1(CNc2snc(N)c2S(=O)(=O)CCC)CC1. The van der Waals surface area contributed by atoms with E-state index in [-0.39, 0.29) is 16.5 Å². The molecular weight excluding hydrogens is 294 g/mol. The van der Waals surface area contributed by atoms with Crippen molar-refractivity contribution >= 4 is 32.2 Å². The van der Waals surface area contributed by atoms with Crippen LogP contribution in [0.2, 0.25) is 0 Å². The molecule has 1 aliphatic carbocycles. The first-order valence-corrected chi connectivity index (χ1v) is 9.58. The van der Waals surface area contributed by atoms with E-state index in [0.717, 1.165) is 24.5 Å². The van der Waals surface area contributed by atoms with Crippen molar-refractivity contribution in [1.29, 1.82) is 0 Å². The van der Waals surface area contributed by atoms with E-state index >= 15 is 0 Å². The van der Waals surface area contributed by atoms with Gasteiger partial charge in [-0.25, -0.2) is 8.42 Å². The minimum Gasteiger partial charge on any atom is -0.382 e. The summed E-state index contributed by atoms with van der Waals surface area (Å²) in [6.07, 6.45) is 5.37. The van der Waals surface area contributed by atoms with Crippen molar-refractivity contribution in [3.05, 3.63) is 0 Å². The van der Waals surface area contributed by atoms with E-state index in [0.29, 0.717) is 16.8 Å². The van der Waals surface area contributed by atoms with Gasteiger partial charge in [-0.3, -0.25) is 0 Å². The van der Waals surface area contributed by atoms with Crippen molar-refractivity contribution in [2.24, 2.45) is 5.41 Å². The van der Waals surface area contributed by atoms with Gasteiger partial charge in [-0.2, -0.15) is 4.37 Å². The van der Waals surface area contributed by atoms with Crippen LogP contribution in [0.5, 0.6) is 0 Å². The number of rotatable bonds is 8. The second kappa shape index (κ2) is 5.89. The van der Waals surface area contributed by atoms with Crippen molar-refractivity contribution in [2.45, 2.75) is 50.8 Å². The predicted octanol–water partition coefficient (Wildman–Crippen LogP) is 2.90. The van der Waals surface area contributed by atoms with Gasteiger partial charge in [0.1, 0.15) is 9.90 Å². The largest absolute Gasteiger partial charge is 0.382 e.